The van der Waals surface area contributed by atoms with Gasteiger partial charge < -0.3 is 5.11 Å². The highest BCUT2D eigenvalue weighted by molar-refractivity contribution is 9.11. The standard InChI is InChI=1S/C14H16BrNO3S2/c1-4-16(12-8-11(17)6-5-9(12)2)21(18,19)13-7-10(3)14(15)20-13/h5-8,17H,4H2,1-3H3. The van der Waals surface area contributed by atoms with Gasteiger partial charge in [-0.3, -0.25) is 4.31 Å². The number of rotatable bonds is 4. The Morgan fingerprint density at radius 3 is 2.43 bits per heavy atom. The van der Waals surface area contributed by atoms with Crippen LogP contribution in [0.4, 0.5) is 5.69 Å². The van der Waals surface area contributed by atoms with E-state index in [0.29, 0.717) is 12.2 Å². The van der Waals surface area contributed by atoms with Crippen molar-refractivity contribution in [2.24, 2.45) is 0 Å². The first-order valence-corrected chi connectivity index (χ1v) is 9.40. The van der Waals surface area contributed by atoms with E-state index in [-0.39, 0.29) is 9.96 Å². The van der Waals surface area contributed by atoms with Gasteiger partial charge in [-0.1, -0.05) is 6.07 Å². The molecule has 114 valence electrons. The Bertz CT molecular complexity index is 749. The van der Waals surface area contributed by atoms with Gasteiger partial charge in [0.2, 0.25) is 0 Å². The highest BCUT2D eigenvalue weighted by Crippen LogP contribution is 2.35. The third-order valence-corrected chi connectivity index (χ3v) is 7.60. The number of anilines is 1. The number of sulfonamides is 1. The zero-order chi connectivity index (χ0) is 15.8. The topological polar surface area (TPSA) is 57.6 Å². The van der Waals surface area contributed by atoms with Gasteiger partial charge in [0.25, 0.3) is 10.0 Å². The number of hydrogen-bond acceptors (Lipinski definition) is 4. The molecule has 2 aromatic rings. The molecular weight excluding hydrogens is 374 g/mol. The molecule has 21 heavy (non-hydrogen) atoms. The van der Waals surface area contributed by atoms with Crippen LogP contribution in [0.15, 0.2) is 32.3 Å². The minimum Gasteiger partial charge on any atom is -0.508 e. The second-order valence-corrected chi connectivity index (χ2v) is 9.12. The summed E-state index contributed by atoms with van der Waals surface area (Å²) in [7, 11) is -3.63. The molecule has 0 bridgehead atoms. The van der Waals surface area contributed by atoms with E-state index >= 15 is 0 Å². The second-order valence-electron chi connectivity index (χ2n) is 4.66. The maximum absolute atomic E-state index is 12.8. The van der Waals surface area contributed by atoms with Gasteiger partial charge in [0.05, 0.1) is 9.47 Å². The highest BCUT2D eigenvalue weighted by Gasteiger charge is 2.27. The third-order valence-electron chi connectivity index (χ3n) is 3.13. The van der Waals surface area contributed by atoms with Crippen LogP contribution < -0.4 is 4.31 Å². The normalized spacial score (nSPS) is 11.6. The Hall–Kier alpha value is -1.05. The van der Waals surface area contributed by atoms with Crippen LogP contribution in [0.3, 0.4) is 0 Å². The summed E-state index contributed by atoms with van der Waals surface area (Å²) in [6.45, 7) is 5.75. The molecule has 0 saturated heterocycles. The lowest BCUT2D eigenvalue weighted by molar-refractivity contribution is 0.475. The lowest BCUT2D eigenvalue weighted by Gasteiger charge is -2.23. The summed E-state index contributed by atoms with van der Waals surface area (Å²) in [4.78, 5) is 0. The van der Waals surface area contributed by atoms with Gasteiger partial charge in [-0.15, -0.1) is 11.3 Å². The van der Waals surface area contributed by atoms with Crippen LogP contribution in [0.1, 0.15) is 18.1 Å². The third kappa shape index (κ3) is 3.09. The van der Waals surface area contributed by atoms with E-state index < -0.39 is 10.0 Å². The zero-order valence-corrected chi connectivity index (χ0v) is 15.1. The molecule has 0 aliphatic heterocycles. The molecule has 0 spiro atoms. The van der Waals surface area contributed by atoms with E-state index in [0.717, 1.165) is 14.9 Å². The maximum atomic E-state index is 12.8. The summed E-state index contributed by atoms with van der Waals surface area (Å²) in [5.74, 6) is 0.0489. The Balaban J connectivity index is 2.57. The van der Waals surface area contributed by atoms with Crippen LogP contribution in [0.25, 0.3) is 0 Å². The molecule has 1 aromatic heterocycles. The minimum absolute atomic E-state index is 0.0489. The largest absolute Gasteiger partial charge is 0.508 e. The quantitative estimate of drug-likeness (QED) is 0.857. The van der Waals surface area contributed by atoms with Crippen LogP contribution in [-0.2, 0) is 10.0 Å². The summed E-state index contributed by atoms with van der Waals surface area (Å²) in [6, 6.07) is 6.39. The second kappa shape index (κ2) is 5.98. The first-order chi connectivity index (χ1) is 9.77. The molecule has 1 aromatic carbocycles. The average molecular weight is 390 g/mol. The predicted molar refractivity (Wildman–Crippen MR) is 89.8 cm³/mol. The number of phenols is 1. The Morgan fingerprint density at radius 2 is 1.90 bits per heavy atom. The first kappa shape index (κ1) is 16.3. The number of halogens is 1. The van der Waals surface area contributed by atoms with E-state index in [1.165, 1.54) is 21.7 Å². The SMILES string of the molecule is CCN(c1cc(O)ccc1C)S(=O)(=O)c1cc(C)c(Br)s1. The number of nitrogens with zero attached hydrogens (tertiary/aromatic N) is 1. The molecule has 0 aliphatic carbocycles. The van der Waals surface area contributed by atoms with Gasteiger partial charge in [-0.05, 0) is 60.0 Å². The fraction of sp³-hybridized carbons (Fsp3) is 0.286. The molecule has 0 unspecified atom stereocenters. The van der Waals surface area contributed by atoms with Crippen molar-refractivity contribution in [3.05, 3.63) is 39.2 Å². The number of thiophene rings is 1. The maximum Gasteiger partial charge on any atom is 0.273 e. The molecule has 2 rings (SSSR count). The molecule has 0 saturated carbocycles. The van der Waals surface area contributed by atoms with Gasteiger partial charge in [0.1, 0.15) is 9.96 Å². The molecule has 0 amide bonds. The van der Waals surface area contributed by atoms with Crippen LogP contribution >= 0.6 is 27.3 Å². The van der Waals surface area contributed by atoms with E-state index in [9.17, 15) is 13.5 Å². The molecule has 0 atom stereocenters. The van der Waals surface area contributed by atoms with Crippen LogP contribution in [-0.4, -0.2) is 20.1 Å². The summed E-state index contributed by atoms with van der Waals surface area (Å²) < 4.78 is 28.1. The monoisotopic (exact) mass is 389 g/mol. The summed E-state index contributed by atoms with van der Waals surface area (Å²) in [5.41, 5.74) is 2.19. The van der Waals surface area contributed by atoms with Crippen LogP contribution in [0.2, 0.25) is 0 Å². The smallest absolute Gasteiger partial charge is 0.273 e. The first-order valence-electron chi connectivity index (χ1n) is 6.35. The minimum atomic E-state index is -3.63. The Kier molecular flexibility index (Phi) is 4.65. The van der Waals surface area contributed by atoms with Crippen molar-refractivity contribution in [1.29, 1.82) is 0 Å². The highest BCUT2D eigenvalue weighted by atomic mass is 79.9. The van der Waals surface area contributed by atoms with E-state index in [4.69, 9.17) is 0 Å². The molecule has 7 heteroatoms. The van der Waals surface area contributed by atoms with Crippen molar-refractivity contribution >= 4 is 43.0 Å². The lowest BCUT2D eigenvalue weighted by Crippen LogP contribution is -2.30. The van der Waals surface area contributed by atoms with E-state index in [2.05, 4.69) is 15.9 Å². The molecule has 1 heterocycles. The number of phenolic OH excluding ortho intramolecular Hbond substituents is 1. The van der Waals surface area contributed by atoms with Gasteiger partial charge in [0, 0.05) is 12.6 Å². The molecule has 1 N–H and O–H groups in total. The van der Waals surface area contributed by atoms with Crippen molar-refractivity contribution in [3.63, 3.8) is 0 Å². The molecular formula is C14H16BrNO3S2. The van der Waals surface area contributed by atoms with E-state index in [1.807, 2.05) is 13.8 Å². The van der Waals surface area contributed by atoms with Crippen molar-refractivity contribution in [1.82, 2.24) is 0 Å². The molecule has 0 aliphatic rings. The molecule has 0 radical (unpaired) electrons. The summed E-state index contributed by atoms with van der Waals surface area (Å²) >= 11 is 4.55. The number of aryl methyl sites for hydroxylation is 2. The lowest BCUT2D eigenvalue weighted by atomic mass is 10.2. The van der Waals surface area contributed by atoms with Gasteiger partial charge in [0.15, 0.2) is 0 Å². The van der Waals surface area contributed by atoms with Crippen molar-refractivity contribution in [2.45, 2.75) is 25.0 Å². The van der Waals surface area contributed by atoms with Gasteiger partial charge in [-0.2, -0.15) is 0 Å². The van der Waals surface area contributed by atoms with E-state index in [1.54, 1.807) is 25.1 Å². The van der Waals surface area contributed by atoms with Crippen LogP contribution in [0, 0.1) is 13.8 Å². The Morgan fingerprint density at radius 1 is 1.24 bits per heavy atom. The van der Waals surface area contributed by atoms with Crippen molar-refractivity contribution in [2.75, 3.05) is 10.8 Å². The van der Waals surface area contributed by atoms with Crippen molar-refractivity contribution < 1.29 is 13.5 Å². The predicted octanol–water partition coefficient (Wildman–Crippen LogP) is 4.05. The zero-order valence-electron chi connectivity index (χ0n) is 11.9. The van der Waals surface area contributed by atoms with Gasteiger partial charge >= 0.3 is 0 Å². The summed E-state index contributed by atoms with van der Waals surface area (Å²) in [5, 5.41) is 9.64. The molecule has 4 nitrogen and oxygen atoms in total. The molecule has 0 fully saturated rings. The van der Waals surface area contributed by atoms with Crippen LogP contribution in [0.5, 0.6) is 5.75 Å². The fourth-order valence-electron chi connectivity index (χ4n) is 2.00. The number of aromatic hydroxyl groups is 1. The van der Waals surface area contributed by atoms with Gasteiger partial charge in [-0.25, -0.2) is 8.42 Å². The fourth-order valence-corrected chi connectivity index (χ4v) is 5.87. The summed E-state index contributed by atoms with van der Waals surface area (Å²) in [6.07, 6.45) is 0. The number of hydrogen-bond donors (Lipinski definition) is 1. The van der Waals surface area contributed by atoms with Crippen molar-refractivity contribution in [3.8, 4) is 5.75 Å². The Labute approximate surface area is 137 Å². The average Bonchev–Trinajstić information content (AvgIpc) is 2.75. The number of benzene rings is 1.